The van der Waals surface area contributed by atoms with Crippen molar-refractivity contribution in [2.24, 2.45) is 5.10 Å². The molecule has 3 nitrogen and oxygen atoms in total. The van der Waals surface area contributed by atoms with Crippen LogP contribution in [0, 0.1) is 0 Å². The van der Waals surface area contributed by atoms with E-state index in [0.29, 0.717) is 0 Å². The lowest BCUT2D eigenvalue weighted by Gasteiger charge is -2.07. The van der Waals surface area contributed by atoms with Gasteiger partial charge in [-0.15, -0.1) is 11.3 Å². The molecular formula is C17H15N3S. The van der Waals surface area contributed by atoms with Crippen molar-refractivity contribution in [3.05, 3.63) is 71.6 Å². The maximum absolute atomic E-state index is 4.62. The van der Waals surface area contributed by atoms with Gasteiger partial charge in [0.2, 0.25) is 5.13 Å². The maximum Gasteiger partial charge on any atom is 0.206 e. The van der Waals surface area contributed by atoms with Crippen molar-refractivity contribution < 1.29 is 0 Å². The van der Waals surface area contributed by atoms with Gasteiger partial charge in [0.1, 0.15) is 0 Å². The largest absolute Gasteiger partial charge is 0.242 e. The van der Waals surface area contributed by atoms with Crippen molar-refractivity contribution in [1.29, 1.82) is 0 Å². The Hall–Kier alpha value is -2.46. The van der Waals surface area contributed by atoms with Crippen LogP contribution in [0.3, 0.4) is 0 Å². The second-order valence-electron chi connectivity index (χ2n) is 4.56. The standard InChI is InChI=1S/C17H15N3S/c1-20(18-12-14-8-4-2-5-9-14)17-19-16(13-21-17)15-10-6-3-7-11-15/h2-13H,1H3/b18-12-. The zero-order valence-corrected chi connectivity index (χ0v) is 12.5. The SMILES string of the molecule is CN(/N=C\c1ccccc1)c1nc(-c2ccccc2)cs1. The van der Waals surface area contributed by atoms with Crippen molar-refractivity contribution in [2.45, 2.75) is 0 Å². The van der Waals surface area contributed by atoms with Crippen LogP contribution in [0.15, 0.2) is 71.1 Å². The lowest BCUT2D eigenvalue weighted by atomic mass is 10.2. The fourth-order valence-electron chi connectivity index (χ4n) is 1.90. The van der Waals surface area contributed by atoms with E-state index >= 15 is 0 Å². The Morgan fingerprint density at radius 1 is 1.00 bits per heavy atom. The monoisotopic (exact) mass is 293 g/mol. The number of aromatic nitrogens is 1. The third kappa shape index (κ3) is 3.35. The fraction of sp³-hybridized carbons (Fsp3) is 0.0588. The Bertz CT molecular complexity index is 720. The number of anilines is 1. The van der Waals surface area contributed by atoms with Gasteiger partial charge in [-0.3, -0.25) is 0 Å². The molecule has 0 spiro atoms. The van der Waals surface area contributed by atoms with Gasteiger partial charge in [0.25, 0.3) is 0 Å². The highest BCUT2D eigenvalue weighted by molar-refractivity contribution is 7.14. The van der Waals surface area contributed by atoms with Gasteiger partial charge in [-0.1, -0.05) is 60.7 Å². The molecule has 0 saturated heterocycles. The number of hydrazone groups is 1. The van der Waals surface area contributed by atoms with Crippen LogP contribution in [0.1, 0.15) is 5.56 Å². The zero-order valence-electron chi connectivity index (χ0n) is 11.7. The molecule has 104 valence electrons. The Morgan fingerprint density at radius 3 is 2.38 bits per heavy atom. The quantitative estimate of drug-likeness (QED) is 0.530. The van der Waals surface area contributed by atoms with Gasteiger partial charge in [0, 0.05) is 18.0 Å². The van der Waals surface area contributed by atoms with E-state index in [1.807, 2.05) is 61.8 Å². The first-order chi connectivity index (χ1) is 10.3. The molecule has 0 fully saturated rings. The van der Waals surface area contributed by atoms with Crippen LogP contribution in [0.25, 0.3) is 11.3 Å². The number of hydrogen-bond donors (Lipinski definition) is 0. The molecule has 0 amide bonds. The molecule has 2 aromatic carbocycles. The fourth-order valence-corrected chi connectivity index (χ4v) is 2.65. The van der Waals surface area contributed by atoms with E-state index in [1.54, 1.807) is 16.3 Å². The molecule has 0 aliphatic carbocycles. The number of rotatable bonds is 4. The summed E-state index contributed by atoms with van der Waals surface area (Å²) >= 11 is 1.59. The Kier molecular flexibility index (Phi) is 4.07. The average Bonchev–Trinajstić information content (AvgIpc) is 3.04. The van der Waals surface area contributed by atoms with Crippen LogP contribution < -0.4 is 5.01 Å². The molecule has 0 radical (unpaired) electrons. The molecule has 3 aromatic rings. The predicted molar refractivity (Wildman–Crippen MR) is 90.0 cm³/mol. The van der Waals surface area contributed by atoms with E-state index in [2.05, 4.69) is 27.6 Å². The van der Waals surface area contributed by atoms with Crippen LogP contribution in [0.5, 0.6) is 0 Å². The third-order valence-corrected chi connectivity index (χ3v) is 3.93. The van der Waals surface area contributed by atoms with E-state index in [1.165, 1.54) is 0 Å². The van der Waals surface area contributed by atoms with E-state index in [0.717, 1.165) is 22.0 Å². The van der Waals surface area contributed by atoms with E-state index in [9.17, 15) is 0 Å². The maximum atomic E-state index is 4.62. The molecule has 1 aromatic heterocycles. The summed E-state index contributed by atoms with van der Waals surface area (Å²) in [6.45, 7) is 0. The number of hydrogen-bond acceptors (Lipinski definition) is 4. The molecule has 21 heavy (non-hydrogen) atoms. The number of thiazole rings is 1. The van der Waals surface area contributed by atoms with Crippen LogP contribution in [-0.2, 0) is 0 Å². The Labute approximate surface area is 128 Å². The summed E-state index contributed by atoms with van der Waals surface area (Å²) in [6, 6.07) is 20.2. The van der Waals surface area contributed by atoms with Gasteiger partial charge < -0.3 is 0 Å². The minimum absolute atomic E-state index is 0.876. The highest BCUT2D eigenvalue weighted by Crippen LogP contribution is 2.26. The molecule has 0 bridgehead atoms. The molecular weight excluding hydrogens is 278 g/mol. The second kappa shape index (κ2) is 6.33. The summed E-state index contributed by atoms with van der Waals surface area (Å²) in [6.07, 6.45) is 1.84. The highest BCUT2D eigenvalue weighted by Gasteiger charge is 2.07. The van der Waals surface area contributed by atoms with Crippen LogP contribution in [0.2, 0.25) is 0 Å². The van der Waals surface area contributed by atoms with E-state index in [-0.39, 0.29) is 0 Å². The Balaban J connectivity index is 1.76. The first kappa shape index (κ1) is 13.5. The molecule has 0 aliphatic heterocycles. The summed E-state index contributed by atoms with van der Waals surface area (Å²) < 4.78 is 0. The normalized spacial score (nSPS) is 10.9. The molecule has 0 N–H and O–H groups in total. The van der Waals surface area contributed by atoms with Crippen molar-refractivity contribution in [2.75, 3.05) is 12.1 Å². The lowest BCUT2D eigenvalue weighted by Crippen LogP contribution is -2.08. The first-order valence-corrected chi connectivity index (χ1v) is 7.54. The van der Waals surface area contributed by atoms with Crippen LogP contribution >= 0.6 is 11.3 Å². The summed E-state index contributed by atoms with van der Waals surface area (Å²) in [4.78, 5) is 4.62. The highest BCUT2D eigenvalue weighted by atomic mass is 32.1. The minimum atomic E-state index is 0.876. The molecule has 0 saturated carbocycles. The van der Waals surface area contributed by atoms with Crippen molar-refractivity contribution in [1.82, 2.24) is 4.98 Å². The van der Waals surface area contributed by atoms with Crippen molar-refractivity contribution in [3.63, 3.8) is 0 Å². The zero-order chi connectivity index (χ0) is 14.5. The number of benzene rings is 2. The van der Waals surface area contributed by atoms with E-state index < -0.39 is 0 Å². The van der Waals surface area contributed by atoms with Crippen LogP contribution in [0.4, 0.5) is 5.13 Å². The second-order valence-corrected chi connectivity index (χ2v) is 5.40. The molecule has 0 aliphatic rings. The first-order valence-electron chi connectivity index (χ1n) is 6.66. The summed E-state index contributed by atoms with van der Waals surface area (Å²) in [5.74, 6) is 0. The predicted octanol–water partition coefficient (Wildman–Crippen LogP) is 4.28. The minimum Gasteiger partial charge on any atom is -0.242 e. The molecule has 4 heteroatoms. The lowest BCUT2D eigenvalue weighted by molar-refractivity contribution is 1.01. The summed E-state index contributed by atoms with van der Waals surface area (Å²) in [5, 5.41) is 9.15. The average molecular weight is 293 g/mol. The molecule has 0 atom stereocenters. The molecule has 0 unspecified atom stereocenters. The van der Waals surface area contributed by atoms with Gasteiger partial charge in [-0.25, -0.2) is 9.99 Å². The van der Waals surface area contributed by atoms with Gasteiger partial charge >= 0.3 is 0 Å². The van der Waals surface area contributed by atoms with Gasteiger partial charge in [0.15, 0.2) is 0 Å². The van der Waals surface area contributed by atoms with E-state index in [4.69, 9.17) is 0 Å². The van der Waals surface area contributed by atoms with Gasteiger partial charge in [-0.05, 0) is 5.56 Å². The topological polar surface area (TPSA) is 28.5 Å². The third-order valence-electron chi connectivity index (χ3n) is 3.02. The summed E-state index contributed by atoms with van der Waals surface area (Å²) in [5.41, 5.74) is 3.18. The van der Waals surface area contributed by atoms with Crippen LogP contribution in [-0.4, -0.2) is 18.2 Å². The van der Waals surface area contributed by atoms with Gasteiger partial charge in [0.05, 0.1) is 11.9 Å². The number of nitrogens with zero attached hydrogens (tertiary/aromatic N) is 3. The molecule has 3 rings (SSSR count). The van der Waals surface area contributed by atoms with Crippen molar-refractivity contribution in [3.8, 4) is 11.3 Å². The summed E-state index contributed by atoms with van der Waals surface area (Å²) in [7, 11) is 1.91. The smallest absolute Gasteiger partial charge is 0.206 e. The van der Waals surface area contributed by atoms with Gasteiger partial charge in [-0.2, -0.15) is 5.10 Å². The van der Waals surface area contributed by atoms with Crippen molar-refractivity contribution >= 4 is 22.7 Å². The molecule has 1 heterocycles. The Morgan fingerprint density at radius 2 is 1.67 bits per heavy atom.